The first-order valence-electron chi connectivity index (χ1n) is 8.65. The molecule has 4 nitrogen and oxygen atoms in total. The number of hydrogen-bond donors (Lipinski definition) is 1. The fraction of sp³-hybridized carbons (Fsp3) is 0.882. The highest BCUT2D eigenvalue weighted by Gasteiger charge is 2.36. The Morgan fingerprint density at radius 3 is 2.43 bits per heavy atom. The standard InChI is InChI=1S/C17H31NO3/c1-3-5-6-10-13-18-16(19)15(17(20)21-4-2)14-11-8-7-9-12-14/h14-15H,3-13H2,1-2H3,(H,18,19)/t15-/m1/s1. The SMILES string of the molecule is CCCCCCNC(=O)[C@H](C(=O)OCC)C1CCCCC1. The highest BCUT2D eigenvalue weighted by atomic mass is 16.5. The summed E-state index contributed by atoms with van der Waals surface area (Å²) < 4.78 is 5.12. The van der Waals surface area contributed by atoms with Crippen molar-refractivity contribution in [1.29, 1.82) is 0 Å². The van der Waals surface area contributed by atoms with Crippen LogP contribution in [-0.4, -0.2) is 25.0 Å². The third-order valence-electron chi connectivity index (χ3n) is 4.27. The molecule has 1 saturated carbocycles. The van der Waals surface area contributed by atoms with Gasteiger partial charge in [-0.25, -0.2) is 0 Å². The van der Waals surface area contributed by atoms with E-state index in [0.717, 1.165) is 38.5 Å². The highest BCUT2D eigenvalue weighted by Crippen LogP contribution is 2.31. The summed E-state index contributed by atoms with van der Waals surface area (Å²) in [4.78, 5) is 24.5. The van der Waals surface area contributed by atoms with Crippen LogP contribution in [0.25, 0.3) is 0 Å². The molecule has 122 valence electrons. The van der Waals surface area contributed by atoms with Gasteiger partial charge in [0.2, 0.25) is 5.91 Å². The molecule has 4 heteroatoms. The molecule has 0 heterocycles. The molecular weight excluding hydrogens is 266 g/mol. The number of hydrogen-bond acceptors (Lipinski definition) is 3. The Bertz CT molecular complexity index is 311. The molecule has 1 aliphatic rings. The van der Waals surface area contributed by atoms with E-state index in [1.165, 1.54) is 19.3 Å². The number of esters is 1. The number of carbonyl (C=O) groups excluding carboxylic acids is 2. The molecule has 0 saturated heterocycles. The summed E-state index contributed by atoms with van der Waals surface area (Å²) in [6.45, 7) is 4.96. The van der Waals surface area contributed by atoms with Gasteiger partial charge >= 0.3 is 5.97 Å². The molecule has 21 heavy (non-hydrogen) atoms. The van der Waals surface area contributed by atoms with Crippen LogP contribution < -0.4 is 5.32 Å². The second kappa shape index (κ2) is 10.6. The Hall–Kier alpha value is -1.06. The quantitative estimate of drug-likeness (QED) is 0.403. The Labute approximate surface area is 129 Å². The first kappa shape index (κ1) is 18.0. The number of nitrogens with one attached hydrogen (secondary N) is 1. The lowest BCUT2D eigenvalue weighted by atomic mass is 9.79. The molecule has 1 amide bonds. The normalized spacial score (nSPS) is 17.2. The van der Waals surface area contributed by atoms with Crippen molar-refractivity contribution >= 4 is 11.9 Å². The molecule has 0 aromatic carbocycles. The van der Waals surface area contributed by atoms with Crippen molar-refractivity contribution < 1.29 is 14.3 Å². The van der Waals surface area contributed by atoms with Gasteiger partial charge in [0.1, 0.15) is 5.92 Å². The number of ether oxygens (including phenoxy) is 1. The Morgan fingerprint density at radius 2 is 1.81 bits per heavy atom. The van der Waals surface area contributed by atoms with Crippen molar-refractivity contribution in [2.75, 3.05) is 13.2 Å². The minimum Gasteiger partial charge on any atom is -0.465 e. The van der Waals surface area contributed by atoms with Crippen molar-refractivity contribution in [2.24, 2.45) is 11.8 Å². The third-order valence-corrected chi connectivity index (χ3v) is 4.27. The van der Waals surface area contributed by atoms with Crippen molar-refractivity contribution in [2.45, 2.75) is 71.6 Å². The van der Waals surface area contributed by atoms with E-state index in [4.69, 9.17) is 4.74 Å². The van der Waals surface area contributed by atoms with Gasteiger partial charge in [-0.15, -0.1) is 0 Å². The van der Waals surface area contributed by atoms with Crippen molar-refractivity contribution in [1.82, 2.24) is 5.32 Å². The first-order valence-corrected chi connectivity index (χ1v) is 8.65. The Morgan fingerprint density at radius 1 is 1.10 bits per heavy atom. The van der Waals surface area contributed by atoms with Crippen LogP contribution in [0.15, 0.2) is 0 Å². The lowest BCUT2D eigenvalue weighted by Crippen LogP contribution is -2.41. The van der Waals surface area contributed by atoms with Crippen LogP contribution in [-0.2, 0) is 14.3 Å². The van der Waals surface area contributed by atoms with Crippen molar-refractivity contribution in [3.8, 4) is 0 Å². The number of amides is 1. The zero-order valence-electron chi connectivity index (χ0n) is 13.7. The third kappa shape index (κ3) is 6.49. The van der Waals surface area contributed by atoms with E-state index in [1.807, 2.05) is 0 Å². The van der Waals surface area contributed by atoms with E-state index in [2.05, 4.69) is 12.2 Å². The van der Waals surface area contributed by atoms with E-state index < -0.39 is 5.92 Å². The number of unbranched alkanes of at least 4 members (excludes halogenated alkanes) is 3. The predicted octanol–water partition coefficient (Wildman–Crippen LogP) is 3.44. The van der Waals surface area contributed by atoms with Gasteiger partial charge in [-0.1, -0.05) is 45.4 Å². The minimum atomic E-state index is -0.601. The van der Waals surface area contributed by atoms with Gasteiger partial charge in [0, 0.05) is 6.54 Å². The molecule has 0 aromatic rings. The van der Waals surface area contributed by atoms with E-state index >= 15 is 0 Å². The van der Waals surface area contributed by atoms with Gasteiger partial charge in [-0.2, -0.15) is 0 Å². The fourth-order valence-corrected chi connectivity index (χ4v) is 3.09. The maximum absolute atomic E-state index is 12.4. The summed E-state index contributed by atoms with van der Waals surface area (Å²) in [7, 11) is 0. The number of rotatable bonds is 9. The molecule has 1 aliphatic carbocycles. The predicted molar refractivity (Wildman–Crippen MR) is 83.8 cm³/mol. The summed E-state index contributed by atoms with van der Waals surface area (Å²) in [5.41, 5.74) is 0. The van der Waals surface area contributed by atoms with Gasteiger partial charge < -0.3 is 10.1 Å². The molecule has 0 radical (unpaired) electrons. The van der Waals surface area contributed by atoms with Crippen LogP contribution in [0.5, 0.6) is 0 Å². The summed E-state index contributed by atoms with van der Waals surface area (Å²) in [6, 6.07) is 0. The zero-order valence-corrected chi connectivity index (χ0v) is 13.7. The van der Waals surface area contributed by atoms with Crippen LogP contribution in [0.2, 0.25) is 0 Å². The number of carbonyl (C=O) groups is 2. The largest absolute Gasteiger partial charge is 0.465 e. The molecule has 1 N–H and O–H groups in total. The second-order valence-electron chi connectivity index (χ2n) is 5.98. The first-order chi connectivity index (χ1) is 10.2. The summed E-state index contributed by atoms with van der Waals surface area (Å²) in [5.74, 6) is -0.905. The molecule has 0 spiro atoms. The van der Waals surface area contributed by atoms with Crippen LogP contribution in [0.1, 0.15) is 71.6 Å². The van der Waals surface area contributed by atoms with Crippen LogP contribution >= 0.6 is 0 Å². The molecule has 1 fully saturated rings. The molecule has 0 aromatic heterocycles. The van der Waals surface area contributed by atoms with E-state index in [-0.39, 0.29) is 17.8 Å². The molecule has 0 bridgehead atoms. The van der Waals surface area contributed by atoms with E-state index in [0.29, 0.717) is 13.2 Å². The zero-order chi connectivity index (χ0) is 15.5. The Kier molecular flexibility index (Phi) is 9.11. The summed E-state index contributed by atoms with van der Waals surface area (Å²) in [6.07, 6.45) is 9.87. The average Bonchev–Trinajstić information content (AvgIpc) is 2.48. The maximum Gasteiger partial charge on any atom is 0.318 e. The van der Waals surface area contributed by atoms with Crippen LogP contribution in [0.3, 0.4) is 0 Å². The second-order valence-corrected chi connectivity index (χ2v) is 5.98. The minimum absolute atomic E-state index is 0.128. The van der Waals surface area contributed by atoms with Gasteiger partial charge in [0.15, 0.2) is 0 Å². The van der Waals surface area contributed by atoms with Crippen LogP contribution in [0, 0.1) is 11.8 Å². The van der Waals surface area contributed by atoms with Crippen LogP contribution in [0.4, 0.5) is 0 Å². The van der Waals surface area contributed by atoms with Gasteiger partial charge in [-0.3, -0.25) is 9.59 Å². The van der Waals surface area contributed by atoms with Gasteiger partial charge in [-0.05, 0) is 32.1 Å². The highest BCUT2D eigenvalue weighted by molar-refractivity contribution is 5.98. The van der Waals surface area contributed by atoms with Crippen molar-refractivity contribution in [3.63, 3.8) is 0 Å². The molecule has 0 aliphatic heterocycles. The van der Waals surface area contributed by atoms with E-state index in [9.17, 15) is 9.59 Å². The Balaban J connectivity index is 2.49. The summed E-state index contributed by atoms with van der Waals surface area (Å²) >= 11 is 0. The van der Waals surface area contributed by atoms with Gasteiger partial charge in [0.05, 0.1) is 6.61 Å². The molecule has 1 rings (SSSR count). The van der Waals surface area contributed by atoms with Crippen molar-refractivity contribution in [3.05, 3.63) is 0 Å². The fourth-order valence-electron chi connectivity index (χ4n) is 3.09. The average molecular weight is 297 g/mol. The lowest BCUT2D eigenvalue weighted by Gasteiger charge is -2.27. The summed E-state index contributed by atoms with van der Waals surface area (Å²) in [5, 5.41) is 2.94. The molecule has 0 unspecified atom stereocenters. The topological polar surface area (TPSA) is 55.4 Å². The lowest BCUT2D eigenvalue weighted by molar-refractivity contribution is -0.155. The monoisotopic (exact) mass is 297 g/mol. The molecule has 1 atom stereocenters. The smallest absolute Gasteiger partial charge is 0.318 e. The maximum atomic E-state index is 12.4. The van der Waals surface area contributed by atoms with Gasteiger partial charge in [0.25, 0.3) is 0 Å². The van der Waals surface area contributed by atoms with E-state index in [1.54, 1.807) is 6.92 Å². The molecular formula is C17H31NO3.